The second kappa shape index (κ2) is 12.7. The van der Waals surface area contributed by atoms with Crippen molar-refractivity contribution >= 4 is 26.0 Å². The molecule has 3 N–H and O–H groups in total. The van der Waals surface area contributed by atoms with Gasteiger partial charge in [-0.3, -0.25) is 9.35 Å². The van der Waals surface area contributed by atoms with E-state index in [0.29, 0.717) is 30.1 Å². The van der Waals surface area contributed by atoms with E-state index in [9.17, 15) is 26.7 Å². The Morgan fingerprint density at radius 1 is 1.00 bits per heavy atom. The van der Waals surface area contributed by atoms with Gasteiger partial charge >= 0.3 is 16.1 Å². The van der Waals surface area contributed by atoms with Crippen LogP contribution in [0, 0.1) is 59.3 Å². The SMILES string of the molecule is Cc1ccc(S(=O)(=O)[N+]#CC2CC[C@@]3(C)C(C2)C[C@H](O)[C@H]2[C@@H]4CC[C@H](CCCC(=O)NCCS(=O)(=O)O)[C@@]4(C)CC[C@@H]23)cc1. The quantitative estimate of drug-likeness (QED) is 0.319. The maximum absolute atomic E-state index is 12.8. The van der Waals surface area contributed by atoms with E-state index < -0.39 is 25.9 Å². The molecular formula is C33H49N2O7S2+. The number of aliphatic hydroxyl groups excluding tert-OH is 1. The van der Waals surface area contributed by atoms with E-state index in [0.717, 1.165) is 69.8 Å². The third kappa shape index (κ3) is 6.89. The van der Waals surface area contributed by atoms with Gasteiger partial charge < -0.3 is 10.4 Å². The second-order valence-corrected chi connectivity index (χ2v) is 17.8. The number of amides is 1. The number of aryl methyl sites for hydroxylation is 1. The van der Waals surface area contributed by atoms with Gasteiger partial charge in [0, 0.05) is 13.0 Å². The minimum Gasteiger partial charge on any atom is -0.393 e. The van der Waals surface area contributed by atoms with Gasteiger partial charge in [-0.05, 0) is 124 Å². The molecule has 4 aliphatic rings. The van der Waals surface area contributed by atoms with Crippen LogP contribution < -0.4 is 5.32 Å². The van der Waals surface area contributed by atoms with Gasteiger partial charge in [0.25, 0.3) is 10.1 Å². The van der Waals surface area contributed by atoms with Gasteiger partial charge in [0.05, 0.1) is 22.0 Å². The molecule has 0 bridgehead atoms. The zero-order chi connectivity index (χ0) is 31.9. The summed E-state index contributed by atoms with van der Waals surface area (Å²) in [6, 6.07) is 9.71. The number of hydrogen-bond acceptors (Lipinski definition) is 6. The molecule has 0 spiro atoms. The summed E-state index contributed by atoms with van der Waals surface area (Å²) < 4.78 is 60.1. The highest BCUT2D eigenvalue weighted by molar-refractivity contribution is 7.93. The number of aliphatic hydroxyl groups is 1. The molecule has 1 amide bonds. The number of fused-ring (bicyclic) bond motifs is 5. The number of benzene rings is 1. The Morgan fingerprint density at radius 3 is 2.39 bits per heavy atom. The van der Waals surface area contributed by atoms with Crippen LogP contribution in [0.2, 0.25) is 0 Å². The zero-order valence-electron chi connectivity index (χ0n) is 26.2. The fourth-order valence-electron chi connectivity index (χ4n) is 9.75. The summed E-state index contributed by atoms with van der Waals surface area (Å²) in [6.45, 7) is 6.64. The molecule has 4 aliphatic carbocycles. The minimum atomic E-state index is -4.09. The first kappa shape index (κ1) is 33.4. The number of nitrogens with zero attached hydrogens (tertiary/aromatic N) is 1. The molecule has 5 rings (SSSR count). The lowest BCUT2D eigenvalue weighted by atomic mass is 9.43. The molecule has 244 valence electrons. The monoisotopic (exact) mass is 649 g/mol. The molecule has 0 radical (unpaired) electrons. The van der Waals surface area contributed by atoms with E-state index >= 15 is 0 Å². The Labute approximate surface area is 263 Å². The van der Waals surface area contributed by atoms with E-state index in [1.807, 2.05) is 6.92 Å². The maximum atomic E-state index is 12.8. The maximum Gasteiger partial charge on any atom is 0.510 e. The van der Waals surface area contributed by atoms with Crippen molar-refractivity contribution in [1.82, 2.24) is 5.32 Å². The van der Waals surface area contributed by atoms with E-state index in [1.54, 1.807) is 24.3 Å². The van der Waals surface area contributed by atoms with Crippen molar-refractivity contribution < 1.29 is 31.3 Å². The highest BCUT2D eigenvalue weighted by Gasteiger charge is 2.62. The van der Waals surface area contributed by atoms with Crippen molar-refractivity contribution in [2.24, 2.45) is 46.3 Å². The smallest absolute Gasteiger partial charge is 0.393 e. The highest BCUT2D eigenvalue weighted by atomic mass is 32.2. The van der Waals surface area contributed by atoms with E-state index in [-0.39, 0.29) is 46.1 Å². The topological polar surface area (TPSA) is 142 Å². The number of nitrogens with one attached hydrogen (secondary N) is 1. The third-order valence-corrected chi connectivity index (χ3v) is 14.1. The Balaban J connectivity index is 1.19. The van der Waals surface area contributed by atoms with Crippen LogP contribution in [0.5, 0.6) is 0 Å². The molecule has 1 aromatic carbocycles. The molecule has 4 fully saturated rings. The van der Waals surface area contributed by atoms with E-state index in [4.69, 9.17) is 4.55 Å². The van der Waals surface area contributed by atoms with Crippen LogP contribution in [0.4, 0.5) is 0 Å². The van der Waals surface area contributed by atoms with Gasteiger partial charge in [-0.15, -0.1) is 8.42 Å². The van der Waals surface area contributed by atoms with Crippen molar-refractivity contribution in [3.63, 3.8) is 0 Å². The summed E-state index contributed by atoms with van der Waals surface area (Å²) in [5, 5.41) is 14.2. The summed E-state index contributed by atoms with van der Waals surface area (Å²) in [6.07, 6.45) is 9.43. The summed E-state index contributed by atoms with van der Waals surface area (Å²) in [5.41, 5.74) is 1.23. The molecule has 0 heterocycles. The fraction of sp³-hybridized carbons (Fsp3) is 0.758. The molecule has 4 saturated carbocycles. The Bertz CT molecular complexity index is 1500. The molecule has 9 nitrogen and oxygen atoms in total. The molecule has 0 aromatic heterocycles. The first-order valence-electron chi connectivity index (χ1n) is 16.3. The van der Waals surface area contributed by atoms with Gasteiger partial charge in [0.2, 0.25) is 5.91 Å². The number of rotatable bonds is 8. The molecule has 9 atom stereocenters. The first-order valence-corrected chi connectivity index (χ1v) is 19.4. The average Bonchev–Trinajstić information content (AvgIpc) is 3.28. The van der Waals surface area contributed by atoms with Gasteiger partial charge in [-0.25, -0.2) is 0 Å². The molecule has 0 aliphatic heterocycles. The zero-order valence-corrected chi connectivity index (χ0v) is 27.9. The summed E-state index contributed by atoms with van der Waals surface area (Å²) >= 11 is 0. The Kier molecular flexibility index (Phi) is 9.60. The van der Waals surface area contributed by atoms with Gasteiger partial charge in [-0.1, -0.05) is 31.5 Å². The van der Waals surface area contributed by atoms with E-state index in [2.05, 4.69) is 29.5 Å². The fourth-order valence-corrected chi connectivity index (χ4v) is 11.0. The lowest BCUT2D eigenvalue weighted by Gasteiger charge is -2.62. The van der Waals surface area contributed by atoms with Crippen molar-refractivity contribution in [1.29, 1.82) is 0 Å². The minimum absolute atomic E-state index is 0.0352. The van der Waals surface area contributed by atoms with Crippen LogP contribution in [0.25, 0.3) is 4.25 Å². The predicted molar refractivity (Wildman–Crippen MR) is 169 cm³/mol. The van der Waals surface area contributed by atoms with Crippen LogP contribution in [0.1, 0.15) is 90.0 Å². The lowest BCUT2D eigenvalue weighted by Crippen LogP contribution is -2.58. The molecule has 2 unspecified atom stereocenters. The molecule has 0 saturated heterocycles. The molecule has 44 heavy (non-hydrogen) atoms. The summed E-state index contributed by atoms with van der Waals surface area (Å²) in [7, 11) is -7.87. The largest absolute Gasteiger partial charge is 0.510 e. The second-order valence-electron chi connectivity index (χ2n) is 14.6. The normalized spacial score (nSPS) is 36.7. The predicted octanol–water partition coefficient (Wildman–Crippen LogP) is 5.44. The summed E-state index contributed by atoms with van der Waals surface area (Å²) in [4.78, 5) is 12.4. The highest BCUT2D eigenvalue weighted by Crippen LogP contribution is 2.68. The van der Waals surface area contributed by atoms with E-state index in [1.165, 1.54) is 0 Å². The first-order chi connectivity index (χ1) is 20.6. The van der Waals surface area contributed by atoms with Crippen LogP contribution in [-0.4, -0.2) is 50.8 Å². The Hall–Kier alpha value is -2.00. The van der Waals surface area contributed by atoms with Crippen LogP contribution in [0.15, 0.2) is 29.2 Å². The number of carbonyl (C=O) groups is 1. The lowest BCUT2D eigenvalue weighted by molar-refractivity contribution is -0.165. The van der Waals surface area contributed by atoms with Crippen molar-refractivity contribution in [3.8, 4) is 6.07 Å². The van der Waals surface area contributed by atoms with Gasteiger partial charge in [0.1, 0.15) is 0 Å². The van der Waals surface area contributed by atoms with Gasteiger partial charge in [0.15, 0.2) is 4.90 Å². The standard InChI is InChI=1S/C33H48N2O7S2/c1-22-7-10-26(11-8-22)44(41,42)35-21-23-13-15-33(3)25(19-23)20-29(36)31-27-12-9-24(32(27,2)16-14-28(31)33)5-4-6-30(37)34-17-18-43(38,39)40/h7-8,10-11,23-25,27-29,31,36H,4-6,9,12-20H2,1-3H3,(H-,34,37,38,39,40)/p+1/t23?,24-,25?,27-,28-,29-,31-,32+,33-/m0/s1. The number of carbonyl (C=O) groups excluding carboxylic acids is 1. The molecular weight excluding hydrogens is 601 g/mol. The average molecular weight is 650 g/mol. The molecule has 11 heteroatoms. The number of hydrogen-bond donors (Lipinski definition) is 3. The van der Waals surface area contributed by atoms with Crippen LogP contribution in [-0.2, 0) is 24.9 Å². The van der Waals surface area contributed by atoms with Crippen molar-refractivity contribution in [3.05, 3.63) is 34.1 Å². The Morgan fingerprint density at radius 2 is 1.68 bits per heavy atom. The number of sulfonamides is 1. The van der Waals surface area contributed by atoms with Crippen LogP contribution >= 0.6 is 0 Å². The third-order valence-electron chi connectivity index (χ3n) is 12.2. The summed E-state index contributed by atoms with van der Waals surface area (Å²) in [5.74, 6) is 1.26. The van der Waals surface area contributed by atoms with Crippen molar-refractivity contribution in [2.45, 2.75) is 102 Å². The molecule has 1 aromatic rings. The van der Waals surface area contributed by atoms with Crippen LogP contribution in [0.3, 0.4) is 0 Å². The van der Waals surface area contributed by atoms with Gasteiger partial charge in [-0.2, -0.15) is 8.42 Å². The van der Waals surface area contributed by atoms with Crippen molar-refractivity contribution in [2.75, 3.05) is 12.3 Å².